The molecule has 0 saturated heterocycles. The van der Waals surface area contributed by atoms with E-state index in [0.717, 1.165) is 0 Å². The molecule has 0 amide bonds. The van der Waals surface area contributed by atoms with E-state index in [1.54, 1.807) is 0 Å². The molecule has 1 aromatic heterocycles. The van der Waals surface area contributed by atoms with Crippen LogP contribution in [0.4, 0.5) is 0 Å². The maximum atomic E-state index is 13.1. The molecule has 2 aromatic rings. The van der Waals surface area contributed by atoms with Gasteiger partial charge in [0.15, 0.2) is 16.9 Å². The van der Waals surface area contributed by atoms with Gasteiger partial charge in [-0.3, -0.25) is 4.79 Å². The second kappa shape index (κ2) is 6.85. The third-order valence-corrected chi connectivity index (χ3v) is 4.88. The Labute approximate surface area is 150 Å². The highest BCUT2D eigenvalue weighted by molar-refractivity contribution is 7.73. The fourth-order valence-corrected chi connectivity index (χ4v) is 3.61. The Balaban J connectivity index is 2.44. The number of benzene rings is 1. The van der Waals surface area contributed by atoms with Crippen LogP contribution < -0.4 is 14.9 Å². The van der Waals surface area contributed by atoms with Crippen molar-refractivity contribution in [3.8, 4) is 11.5 Å². The molecule has 0 saturated carbocycles. The maximum Gasteiger partial charge on any atom is 0.224 e. The highest BCUT2D eigenvalue weighted by Crippen LogP contribution is 2.36. The molecule has 1 unspecified atom stereocenters. The first-order valence-electron chi connectivity index (χ1n) is 7.44. The highest BCUT2D eigenvalue weighted by atomic mass is 32.2. The van der Waals surface area contributed by atoms with Crippen LogP contribution in [0.3, 0.4) is 0 Å². The van der Waals surface area contributed by atoms with Gasteiger partial charge in [0, 0.05) is 19.3 Å². The van der Waals surface area contributed by atoms with Crippen molar-refractivity contribution in [1.82, 2.24) is 0 Å². The van der Waals surface area contributed by atoms with Crippen LogP contribution in [-0.2, 0) is 19.8 Å². The van der Waals surface area contributed by atoms with Crippen molar-refractivity contribution in [3.63, 3.8) is 0 Å². The molecule has 8 nitrogen and oxygen atoms in total. The van der Waals surface area contributed by atoms with E-state index in [1.807, 2.05) is 0 Å². The van der Waals surface area contributed by atoms with Gasteiger partial charge in [-0.15, -0.1) is 0 Å². The molecular formula is C17H16O8S. The molecule has 138 valence electrons. The van der Waals surface area contributed by atoms with E-state index in [4.69, 9.17) is 23.4 Å². The van der Waals surface area contributed by atoms with Crippen molar-refractivity contribution in [2.45, 2.75) is 6.10 Å². The molecule has 1 atom stereocenters. The summed E-state index contributed by atoms with van der Waals surface area (Å²) in [7, 11) is 2.89. The second-order valence-electron chi connectivity index (χ2n) is 5.34. The first-order chi connectivity index (χ1) is 12.5. The molecule has 0 radical (unpaired) electrons. The predicted molar refractivity (Wildman–Crippen MR) is 94.3 cm³/mol. The lowest BCUT2D eigenvalue weighted by atomic mass is 9.96. The minimum Gasteiger partial charge on any atom is -0.495 e. The SMILES string of the molecule is COC1=Cc2oc3cc(OC)c(OC)cc3c(=O)c2C(OC)C1=S(=O)=O. The zero-order valence-corrected chi connectivity index (χ0v) is 15.3. The molecule has 0 fully saturated rings. The average Bonchev–Trinajstić information content (AvgIpc) is 2.65. The van der Waals surface area contributed by atoms with Crippen molar-refractivity contribution in [2.24, 2.45) is 0 Å². The quantitative estimate of drug-likeness (QED) is 0.737. The van der Waals surface area contributed by atoms with Gasteiger partial charge in [0.2, 0.25) is 10.3 Å². The van der Waals surface area contributed by atoms with Crippen LogP contribution >= 0.6 is 0 Å². The second-order valence-corrected chi connectivity index (χ2v) is 6.25. The Kier molecular flexibility index (Phi) is 4.75. The number of methoxy groups -OCH3 is 4. The van der Waals surface area contributed by atoms with E-state index in [2.05, 4.69) is 0 Å². The maximum absolute atomic E-state index is 13.1. The van der Waals surface area contributed by atoms with E-state index in [0.29, 0.717) is 11.5 Å². The molecule has 0 N–H and O–H groups in total. The largest absolute Gasteiger partial charge is 0.495 e. The van der Waals surface area contributed by atoms with Crippen LogP contribution in [0.15, 0.2) is 27.1 Å². The highest BCUT2D eigenvalue weighted by Gasteiger charge is 2.35. The minimum atomic E-state index is -2.65. The fourth-order valence-electron chi connectivity index (χ4n) is 2.91. The predicted octanol–water partition coefficient (Wildman–Crippen LogP) is 1.55. The van der Waals surface area contributed by atoms with Gasteiger partial charge in [-0.2, -0.15) is 8.42 Å². The van der Waals surface area contributed by atoms with Crippen LogP contribution in [0.25, 0.3) is 17.0 Å². The van der Waals surface area contributed by atoms with E-state index < -0.39 is 21.8 Å². The molecule has 1 aromatic carbocycles. The lowest BCUT2D eigenvalue weighted by molar-refractivity contribution is 0.152. The van der Waals surface area contributed by atoms with Gasteiger partial charge in [-0.1, -0.05) is 0 Å². The summed E-state index contributed by atoms with van der Waals surface area (Å²) < 4.78 is 50.0. The molecule has 9 heteroatoms. The van der Waals surface area contributed by atoms with Crippen molar-refractivity contribution in [1.29, 1.82) is 0 Å². The van der Waals surface area contributed by atoms with Crippen LogP contribution in [0, 0.1) is 0 Å². The van der Waals surface area contributed by atoms with Gasteiger partial charge >= 0.3 is 0 Å². The summed E-state index contributed by atoms with van der Waals surface area (Å²) in [6.45, 7) is 0. The molecule has 0 spiro atoms. The minimum absolute atomic E-state index is 0.0423. The molecule has 1 aliphatic rings. The van der Waals surface area contributed by atoms with Gasteiger partial charge in [-0.05, 0) is 6.07 Å². The first-order valence-corrected chi connectivity index (χ1v) is 8.52. The Morgan fingerprint density at radius 1 is 1.00 bits per heavy atom. The molecule has 0 aliphatic heterocycles. The van der Waals surface area contributed by atoms with E-state index in [1.165, 1.54) is 46.6 Å². The topological polar surface area (TPSA) is 101 Å². The number of hydrogen-bond donors (Lipinski definition) is 0. The van der Waals surface area contributed by atoms with Crippen LogP contribution in [0.1, 0.15) is 17.4 Å². The third kappa shape index (κ3) is 2.65. The van der Waals surface area contributed by atoms with Crippen LogP contribution in [-0.4, -0.2) is 41.7 Å². The Morgan fingerprint density at radius 3 is 2.19 bits per heavy atom. The van der Waals surface area contributed by atoms with Crippen molar-refractivity contribution < 1.29 is 31.8 Å². The summed E-state index contributed by atoms with van der Waals surface area (Å²) in [6, 6.07) is 3.01. The number of fused-ring (bicyclic) bond motifs is 2. The number of rotatable bonds is 4. The lowest BCUT2D eigenvalue weighted by Crippen LogP contribution is -2.29. The van der Waals surface area contributed by atoms with E-state index in [-0.39, 0.29) is 32.9 Å². The molecule has 3 rings (SSSR count). The molecule has 26 heavy (non-hydrogen) atoms. The van der Waals surface area contributed by atoms with Gasteiger partial charge in [0.25, 0.3) is 0 Å². The summed E-state index contributed by atoms with van der Waals surface area (Å²) in [5.41, 5.74) is -0.0877. The summed E-state index contributed by atoms with van der Waals surface area (Å²) in [5, 5.41) is 0.216. The third-order valence-electron chi connectivity index (χ3n) is 4.10. The first kappa shape index (κ1) is 18.0. The van der Waals surface area contributed by atoms with Gasteiger partial charge in [-0.25, -0.2) is 0 Å². The normalized spacial score (nSPS) is 16.1. The average molecular weight is 380 g/mol. The Hall–Kier alpha value is -2.78. The van der Waals surface area contributed by atoms with Crippen molar-refractivity contribution >= 4 is 32.2 Å². The van der Waals surface area contributed by atoms with Crippen LogP contribution in [0.5, 0.6) is 11.5 Å². The van der Waals surface area contributed by atoms with Crippen molar-refractivity contribution in [3.05, 3.63) is 39.4 Å². The molecule has 0 bridgehead atoms. The monoisotopic (exact) mass is 380 g/mol. The molecule has 1 aliphatic carbocycles. The number of ether oxygens (including phenoxy) is 4. The zero-order valence-electron chi connectivity index (χ0n) is 14.5. The summed E-state index contributed by atoms with van der Waals surface area (Å²) in [6.07, 6.45) is 0.213. The Morgan fingerprint density at radius 2 is 1.65 bits per heavy atom. The standard InChI is InChI=1S/C17H16O8S/c1-21-10-5-8-9(6-11(10)22-2)25-12-7-13(23-3)17(26(19)20)16(24-4)14(12)15(8)18/h5-7,16H,1-4H3. The van der Waals surface area contributed by atoms with Crippen molar-refractivity contribution in [2.75, 3.05) is 28.4 Å². The van der Waals surface area contributed by atoms with Crippen LogP contribution in [0.2, 0.25) is 0 Å². The lowest BCUT2D eigenvalue weighted by Gasteiger charge is -2.23. The Bertz CT molecular complexity index is 1100. The van der Waals surface area contributed by atoms with Gasteiger partial charge in [0.05, 0.1) is 32.3 Å². The summed E-state index contributed by atoms with van der Waals surface area (Å²) >= 11 is 0. The van der Waals surface area contributed by atoms with Gasteiger partial charge in [0.1, 0.15) is 28.1 Å². The molecular weight excluding hydrogens is 364 g/mol. The summed E-state index contributed by atoms with van der Waals surface area (Å²) in [4.78, 5) is 12.9. The zero-order chi connectivity index (χ0) is 19.0. The fraction of sp³-hybridized carbons (Fsp3) is 0.294. The summed E-state index contributed by atoms with van der Waals surface area (Å²) in [5.74, 6) is 0.945. The van der Waals surface area contributed by atoms with E-state index in [9.17, 15) is 13.2 Å². The van der Waals surface area contributed by atoms with Gasteiger partial charge < -0.3 is 23.4 Å². The smallest absolute Gasteiger partial charge is 0.224 e. The number of hydrogen-bond acceptors (Lipinski definition) is 8. The molecule has 1 heterocycles. The van der Waals surface area contributed by atoms with E-state index >= 15 is 0 Å².